The first-order valence-corrected chi connectivity index (χ1v) is 6.11. The number of nitrogens with two attached hydrogens (primary N) is 1. The molecule has 0 amide bonds. The zero-order chi connectivity index (χ0) is 11.3. The first-order chi connectivity index (χ1) is 7.19. The van der Waals surface area contributed by atoms with Crippen LogP contribution in [-0.4, -0.2) is 17.6 Å². The molecule has 0 bridgehead atoms. The number of rotatable bonds is 5. The van der Waals surface area contributed by atoms with E-state index in [9.17, 15) is 4.79 Å². The van der Waals surface area contributed by atoms with E-state index < -0.39 is 5.97 Å². The summed E-state index contributed by atoms with van der Waals surface area (Å²) in [6, 6.07) is 0. The average molecular weight is 213 g/mol. The standard InChI is InChI=1S/C12H23NO2/c1-2-9-3-5-10(6-4-9)11(7-8-13)12(14)15/h9-11H,2-8,13H2,1H3,(H,14,15). The van der Waals surface area contributed by atoms with E-state index in [1.54, 1.807) is 0 Å². The van der Waals surface area contributed by atoms with Gasteiger partial charge in [-0.05, 0) is 37.6 Å². The van der Waals surface area contributed by atoms with Crippen molar-refractivity contribution in [2.24, 2.45) is 23.5 Å². The Morgan fingerprint density at radius 2 is 2.00 bits per heavy atom. The largest absolute Gasteiger partial charge is 0.481 e. The van der Waals surface area contributed by atoms with Gasteiger partial charge < -0.3 is 10.8 Å². The number of carboxylic acid groups (broad SMARTS) is 1. The van der Waals surface area contributed by atoms with Crippen molar-refractivity contribution >= 4 is 5.97 Å². The molecule has 1 unspecified atom stereocenters. The molecule has 3 N–H and O–H groups in total. The molecule has 1 atom stereocenters. The molecular formula is C12H23NO2. The van der Waals surface area contributed by atoms with Crippen molar-refractivity contribution in [1.29, 1.82) is 0 Å². The second kappa shape index (κ2) is 6.11. The van der Waals surface area contributed by atoms with Gasteiger partial charge >= 0.3 is 5.97 Å². The number of carboxylic acids is 1. The lowest BCUT2D eigenvalue weighted by Gasteiger charge is -2.31. The van der Waals surface area contributed by atoms with E-state index in [0.29, 0.717) is 18.9 Å². The van der Waals surface area contributed by atoms with Crippen LogP contribution in [0.1, 0.15) is 45.4 Å². The summed E-state index contributed by atoms with van der Waals surface area (Å²) in [5, 5.41) is 9.12. The highest BCUT2D eigenvalue weighted by Gasteiger charge is 2.30. The summed E-state index contributed by atoms with van der Waals surface area (Å²) in [7, 11) is 0. The smallest absolute Gasteiger partial charge is 0.306 e. The fraction of sp³-hybridized carbons (Fsp3) is 0.917. The summed E-state index contributed by atoms with van der Waals surface area (Å²) < 4.78 is 0. The molecule has 0 aromatic rings. The highest BCUT2D eigenvalue weighted by atomic mass is 16.4. The maximum atomic E-state index is 11.1. The number of aliphatic carboxylic acids is 1. The molecule has 0 aromatic carbocycles. The quantitative estimate of drug-likeness (QED) is 0.736. The fourth-order valence-corrected chi connectivity index (χ4v) is 2.74. The Morgan fingerprint density at radius 1 is 1.40 bits per heavy atom. The number of hydrogen-bond donors (Lipinski definition) is 2. The highest BCUT2D eigenvalue weighted by Crippen LogP contribution is 2.35. The summed E-state index contributed by atoms with van der Waals surface area (Å²) in [5.41, 5.74) is 5.46. The molecule has 0 radical (unpaired) electrons. The minimum Gasteiger partial charge on any atom is -0.481 e. The molecule has 15 heavy (non-hydrogen) atoms. The molecule has 1 aliphatic carbocycles. The van der Waals surface area contributed by atoms with Crippen LogP contribution in [-0.2, 0) is 4.79 Å². The first-order valence-electron chi connectivity index (χ1n) is 6.11. The van der Waals surface area contributed by atoms with Crippen LogP contribution in [0.5, 0.6) is 0 Å². The molecule has 0 aliphatic heterocycles. The SMILES string of the molecule is CCC1CCC(C(CCN)C(=O)O)CC1. The summed E-state index contributed by atoms with van der Waals surface area (Å²) in [4.78, 5) is 11.1. The van der Waals surface area contributed by atoms with Crippen LogP contribution in [0.4, 0.5) is 0 Å². The third-order valence-electron chi connectivity index (χ3n) is 3.83. The topological polar surface area (TPSA) is 63.3 Å². The Labute approximate surface area is 92.0 Å². The Balaban J connectivity index is 2.45. The van der Waals surface area contributed by atoms with Gasteiger partial charge in [0, 0.05) is 0 Å². The van der Waals surface area contributed by atoms with Crippen molar-refractivity contribution in [2.45, 2.75) is 45.4 Å². The fourth-order valence-electron chi connectivity index (χ4n) is 2.74. The van der Waals surface area contributed by atoms with Crippen LogP contribution in [0.3, 0.4) is 0 Å². The molecule has 88 valence electrons. The van der Waals surface area contributed by atoms with E-state index in [1.165, 1.54) is 19.3 Å². The minimum absolute atomic E-state index is 0.201. The van der Waals surface area contributed by atoms with Crippen LogP contribution >= 0.6 is 0 Å². The molecule has 3 heteroatoms. The molecule has 1 aliphatic rings. The molecule has 0 heterocycles. The van der Waals surface area contributed by atoms with Crippen molar-refractivity contribution in [1.82, 2.24) is 0 Å². The van der Waals surface area contributed by atoms with Gasteiger partial charge in [-0.1, -0.05) is 26.2 Å². The van der Waals surface area contributed by atoms with Gasteiger partial charge in [0.2, 0.25) is 0 Å². The van der Waals surface area contributed by atoms with Crippen molar-refractivity contribution in [2.75, 3.05) is 6.54 Å². The van der Waals surface area contributed by atoms with Gasteiger partial charge in [0.15, 0.2) is 0 Å². The van der Waals surface area contributed by atoms with Gasteiger partial charge in [0.05, 0.1) is 5.92 Å². The summed E-state index contributed by atoms with van der Waals surface area (Å²) in [5.74, 6) is 0.343. The zero-order valence-corrected chi connectivity index (χ0v) is 9.61. The Hall–Kier alpha value is -0.570. The average Bonchev–Trinajstić information content (AvgIpc) is 2.26. The summed E-state index contributed by atoms with van der Waals surface area (Å²) >= 11 is 0. The van der Waals surface area contributed by atoms with Gasteiger partial charge in [-0.25, -0.2) is 0 Å². The maximum Gasteiger partial charge on any atom is 0.306 e. The minimum atomic E-state index is -0.652. The monoisotopic (exact) mass is 213 g/mol. The lowest BCUT2D eigenvalue weighted by molar-refractivity contribution is -0.144. The van der Waals surface area contributed by atoms with Gasteiger partial charge in [0.25, 0.3) is 0 Å². The predicted molar refractivity (Wildman–Crippen MR) is 60.5 cm³/mol. The lowest BCUT2D eigenvalue weighted by atomic mass is 9.74. The van der Waals surface area contributed by atoms with E-state index in [4.69, 9.17) is 10.8 Å². The van der Waals surface area contributed by atoms with E-state index in [0.717, 1.165) is 18.8 Å². The van der Waals surface area contributed by atoms with Crippen LogP contribution < -0.4 is 5.73 Å². The van der Waals surface area contributed by atoms with Crippen molar-refractivity contribution in [3.8, 4) is 0 Å². The van der Waals surface area contributed by atoms with E-state index in [1.807, 2.05) is 0 Å². The highest BCUT2D eigenvalue weighted by molar-refractivity contribution is 5.70. The van der Waals surface area contributed by atoms with Crippen LogP contribution in [0.25, 0.3) is 0 Å². The Kier molecular flexibility index (Phi) is 5.09. The molecule has 1 saturated carbocycles. The molecular weight excluding hydrogens is 190 g/mol. The predicted octanol–water partition coefficient (Wildman–Crippen LogP) is 2.25. The van der Waals surface area contributed by atoms with Crippen LogP contribution in [0.15, 0.2) is 0 Å². The van der Waals surface area contributed by atoms with Crippen molar-refractivity contribution in [3.05, 3.63) is 0 Å². The van der Waals surface area contributed by atoms with E-state index in [2.05, 4.69) is 6.92 Å². The van der Waals surface area contributed by atoms with Crippen LogP contribution in [0, 0.1) is 17.8 Å². The number of carbonyl (C=O) groups is 1. The molecule has 1 rings (SSSR count). The molecule has 0 spiro atoms. The molecule has 3 nitrogen and oxygen atoms in total. The summed E-state index contributed by atoms with van der Waals surface area (Å²) in [6.45, 7) is 2.71. The van der Waals surface area contributed by atoms with Crippen LogP contribution in [0.2, 0.25) is 0 Å². The third-order valence-corrected chi connectivity index (χ3v) is 3.83. The van der Waals surface area contributed by atoms with E-state index in [-0.39, 0.29) is 5.92 Å². The summed E-state index contributed by atoms with van der Waals surface area (Å²) in [6.07, 6.45) is 6.44. The second-order valence-electron chi connectivity index (χ2n) is 4.71. The van der Waals surface area contributed by atoms with Crippen molar-refractivity contribution in [3.63, 3.8) is 0 Å². The molecule has 1 fully saturated rings. The first kappa shape index (κ1) is 12.5. The Morgan fingerprint density at radius 3 is 2.40 bits per heavy atom. The normalized spacial score (nSPS) is 28.7. The van der Waals surface area contributed by atoms with Gasteiger partial charge in [0.1, 0.15) is 0 Å². The van der Waals surface area contributed by atoms with Gasteiger partial charge in [-0.3, -0.25) is 4.79 Å². The second-order valence-corrected chi connectivity index (χ2v) is 4.71. The zero-order valence-electron chi connectivity index (χ0n) is 9.61. The number of hydrogen-bond acceptors (Lipinski definition) is 2. The van der Waals surface area contributed by atoms with E-state index >= 15 is 0 Å². The van der Waals surface area contributed by atoms with Gasteiger partial charge in [-0.15, -0.1) is 0 Å². The lowest BCUT2D eigenvalue weighted by Crippen LogP contribution is -2.29. The van der Waals surface area contributed by atoms with Gasteiger partial charge in [-0.2, -0.15) is 0 Å². The molecule has 0 aromatic heterocycles. The maximum absolute atomic E-state index is 11.1. The Bertz CT molecular complexity index is 198. The van der Waals surface area contributed by atoms with Crippen molar-refractivity contribution < 1.29 is 9.90 Å². The molecule has 0 saturated heterocycles. The third kappa shape index (κ3) is 3.49.